The van der Waals surface area contributed by atoms with E-state index < -0.39 is 23.9 Å². The minimum atomic E-state index is -0.640. The fraction of sp³-hybridized carbons (Fsp3) is 0.364. The van der Waals surface area contributed by atoms with Crippen molar-refractivity contribution in [3.63, 3.8) is 0 Å². The number of pyridine rings is 1. The Kier molecular flexibility index (Phi) is 8.34. The van der Waals surface area contributed by atoms with Crippen LogP contribution in [-0.4, -0.2) is 43.2 Å². The molecule has 160 valence electrons. The Labute approximate surface area is 175 Å². The van der Waals surface area contributed by atoms with Crippen LogP contribution in [0.5, 0.6) is 5.75 Å². The number of aryl methyl sites for hydroxylation is 1. The van der Waals surface area contributed by atoms with Crippen LogP contribution in [0.15, 0.2) is 36.4 Å². The van der Waals surface area contributed by atoms with Crippen molar-refractivity contribution in [3.05, 3.63) is 58.9 Å². The van der Waals surface area contributed by atoms with Crippen LogP contribution in [-0.2, 0) is 14.3 Å². The number of nitrogens with zero attached hydrogens (tertiary/aromatic N) is 1. The highest BCUT2D eigenvalue weighted by Gasteiger charge is 2.22. The summed E-state index contributed by atoms with van der Waals surface area (Å²) in [4.78, 5) is 41.0. The van der Waals surface area contributed by atoms with Gasteiger partial charge < -0.3 is 19.5 Å². The third kappa shape index (κ3) is 6.04. The number of esters is 2. The second kappa shape index (κ2) is 10.9. The monoisotopic (exact) mass is 414 g/mol. The van der Waals surface area contributed by atoms with Crippen molar-refractivity contribution in [3.8, 4) is 5.75 Å². The molecule has 2 aromatic rings. The summed E-state index contributed by atoms with van der Waals surface area (Å²) in [6.07, 6.45) is -0.0490. The summed E-state index contributed by atoms with van der Waals surface area (Å²) in [5, 5.41) is 2.82. The van der Waals surface area contributed by atoms with Crippen molar-refractivity contribution < 1.29 is 28.6 Å². The predicted molar refractivity (Wildman–Crippen MR) is 109 cm³/mol. The summed E-state index contributed by atoms with van der Waals surface area (Å²) < 4.78 is 15.2. The topological polar surface area (TPSA) is 104 Å². The molecule has 0 aliphatic carbocycles. The molecule has 1 unspecified atom stereocenters. The van der Waals surface area contributed by atoms with Gasteiger partial charge in [0.25, 0.3) is 5.91 Å². The van der Waals surface area contributed by atoms with Crippen LogP contribution in [0.3, 0.4) is 0 Å². The first kappa shape index (κ1) is 22.9. The van der Waals surface area contributed by atoms with E-state index >= 15 is 0 Å². The summed E-state index contributed by atoms with van der Waals surface area (Å²) in [6, 6.07) is 9.38. The summed E-state index contributed by atoms with van der Waals surface area (Å²) in [6.45, 7) is 5.55. The van der Waals surface area contributed by atoms with E-state index in [0.717, 1.165) is 0 Å². The average Bonchev–Trinajstić information content (AvgIpc) is 2.73. The van der Waals surface area contributed by atoms with Gasteiger partial charge in [0, 0.05) is 0 Å². The van der Waals surface area contributed by atoms with Crippen molar-refractivity contribution in [2.45, 2.75) is 33.2 Å². The van der Waals surface area contributed by atoms with Crippen molar-refractivity contribution in [2.24, 2.45) is 0 Å². The van der Waals surface area contributed by atoms with Gasteiger partial charge >= 0.3 is 11.9 Å². The molecular formula is C22H26N2O6. The minimum absolute atomic E-state index is 0.0490. The fourth-order valence-electron chi connectivity index (χ4n) is 2.84. The second-order valence-corrected chi connectivity index (χ2v) is 6.36. The van der Waals surface area contributed by atoms with E-state index in [2.05, 4.69) is 10.3 Å². The number of amides is 1. The van der Waals surface area contributed by atoms with Gasteiger partial charge in [-0.2, -0.15) is 0 Å². The van der Waals surface area contributed by atoms with E-state index in [1.807, 2.05) is 0 Å². The number of hydrogen-bond donors (Lipinski definition) is 1. The third-order valence-electron chi connectivity index (χ3n) is 4.29. The number of carbonyl (C=O) groups excluding carboxylic acids is 3. The molecule has 0 aliphatic rings. The van der Waals surface area contributed by atoms with E-state index in [0.29, 0.717) is 22.6 Å². The molecule has 0 bridgehead atoms. The predicted octanol–water partition coefficient (Wildman–Crippen LogP) is 3.00. The zero-order valence-corrected chi connectivity index (χ0v) is 17.6. The zero-order valence-electron chi connectivity index (χ0n) is 17.6. The van der Waals surface area contributed by atoms with Crippen LogP contribution in [0.4, 0.5) is 0 Å². The third-order valence-corrected chi connectivity index (χ3v) is 4.29. The highest BCUT2D eigenvalue weighted by atomic mass is 16.5. The number of hydrogen-bond acceptors (Lipinski definition) is 7. The Balaban J connectivity index is 2.25. The number of carbonyl (C=O) groups is 3. The normalized spacial score (nSPS) is 11.3. The Morgan fingerprint density at radius 3 is 2.43 bits per heavy atom. The summed E-state index contributed by atoms with van der Waals surface area (Å²) >= 11 is 0. The first-order chi connectivity index (χ1) is 14.4. The van der Waals surface area contributed by atoms with Gasteiger partial charge in [0.05, 0.1) is 44.0 Å². The molecule has 1 N–H and O–H groups in total. The molecule has 0 radical (unpaired) electrons. The van der Waals surface area contributed by atoms with Crippen molar-refractivity contribution in [1.29, 1.82) is 0 Å². The molecular weight excluding hydrogens is 388 g/mol. The quantitative estimate of drug-likeness (QED) is 0.629. The molecule has 0 aliphatic heterocycles. The SMILES string of the molecule is CCOC(=O)CC(NC(=O)c1ccc(C(=O)OCC)c(C)n1)c1cccc(OC)c1. The lowest BCUT2D eigenvalue weighted by Crippen LogP contribution is -2.31. The molecule has 1 heterocycles. The maximum atomic E-state index is 12.8. The van der Waals surface area contributed by atoms with Gasteiger partial charge in [0.1, 0.15) is 11.4 Å². The zero-order chi connectivity index (χ0) is 22.1. The maximum Gasteiger partial charge on any atom is 0.339 e. The lowest BCUT2D eigenvalue weighted by atomic mass is 10.0. The Morgan fingerprint density at radius 2 is 1.80 bits per heavy atom. The van der Waals surface area contributed by atoms with Gasteiger partial charge in [0.2, 0.25) is 0 Å². The molecule has 8 heteroatoms. The summed E-state index contributed by atoms with van der Waals surface area (Å²) in [5.74, 6) is -0.813. The molecule has 1 amide bonds. The number of aromatic nitrogens is 1. The summed E-state index contributed by atoms with van der Waals surface area (Å²) in [7, 11) is 1.54. The first-order valence-electron chi connectivity index (χ1n) is 9.64. The molecule has 1 atom stereocenters. The number of benzene rings is 1. The number of rotatable bonds is 9. The molecule has 0 fully saturated rings. The van der Waals surface area contributed by atoms with Crippen LogP contribution in [0.25, 0.3) is 0 Å². The van der Waals surface area contributed by atoms with Crippen LogP contribution < -0.4 is 10.1 Å². The number of nitrogens with one attached hydrogen (secondary N) is 1. The van der Waals surface area contributed by atoms with Crippen LogP contribution in [0, 0.1) is 6.92 Å². The molecule has 2 rings (SSSR count). The molecule has 0 saturated heterocycles. The average molecular weight is 414 g/mol. The largest absolute Gasteiger partial charge is 0.497 e. The Bertz CT molecular complexity index is 912. The van der Waals surface area contributed by atoms with Crippen molar-refractivity contribution >= 4 is 17.8 Å². The van der Waals surface area contributed by atoms with Crippen LogP contribution >= 0.6 is 0 Å². The van der Waals surface area contributed by atoms with Crippen molar-refractivity contribution in [2.75, 3.05) is 20.3 Å². The van der Waals surface area contributed by atoms with E-state index in [9.17, 15) is 14.4 Å². The van der Waals surface area contributed by atoms with Crippen LogP contribution in [0.2, 0.25) is 0 Å². The Hall–Kier alpha value is -3.42. The van der Waals surface area contributed by atoms with Gasteiger partial charge in [-0.1, -0.05) is 12.1 Å². The lowest BCUT2D eigenvalue weighted by Gasteiger charge is -2.19. The molecule has 1 aromatic heterocycles. The Morgan fingerprint density at radius 1 is 1.07 bits per heavy atom. The van der Waals surface area contributed by atoms with Gasteiger partial charge in [-0.25, -0.2) is 9.78 Å². The van der Waals surface area contributed by atoms with E-state index in [4.69, 9.17) is 14.2 Å². The van der Waals surface area contributed by atoms with Crippen molar-refractivity contribution in [1.82, 2.24) is 10.3 Å². The fourth-order valence-corrected chi connectivity index (χ4v) is 2.84. The smallest absolute Gasteiger partial charge is 0.339 e. The van der Waals surface area contributed by atoms with Crippen LogP contribution in [0.1, 0.15) is 58.4 Å². The van der Waals surface area contributed by atoms with Gasteiger partial charge in [-0.3, -0.25) is 9.59 Å². The molecule has 0 spiro atoms. The molecule has 30 heavy (non-hydrogen) atoms. The van der Waals surface area contributed by atoms with Gasteiger partial charge in [-0.15, -0.1) is 0 Å². The van der Waals surface area contributed by atoms with E-state index in [-0.39, 0.29) is 25.3 Å². The number of methoxy groups -OCH3 is 1. The molecule has 8 nitrogen and oxygen atoms in total. The molecule has 1 aromatic carbocycles. The highest BCUT2D eigenvalue weighted by molar-refractivity contribution is 5.95. The summed E-state index contributed by atoms with van der Waals surface area (Å²) in [5.41, 5.74) is 1.49. The number of ether oxygens (including phenoxy) is 3. The first-order valence-corrected chi connectivity index (χ1v) is 9.64. The van der Waals surface area contributed by atoms with Gasteiger partial charge in [0.15, 0.2) is 0 Å². The second-order valence-electron chi connectivity index (χ2n) is 6.36. The highest BCUT2D eigenvalue weighted by Crippen LogP contribution is 2.23. The standard InChI is InChI=1S/C22H26N2O6/c1-5-29-20(25)13-19(15-8-7-9-16(12-15)28-4)24-21(26)18-11-10-17(14(3)23-18)22(27)30-6-2/h7-12,19H,5-6,13H2,1-4H3,(H,24,26). The maximum absolute atomic E-state index is 12.8. The molecule has 0 saturated carbocycles. The van der Waals surface area contributed by atoms with E-state index in [1.165, 1.54) is 19.2 Å². The minimum Gasteiger partial charge on any atom is -0.497 e. The lowest BCUT2D eigenvalue weighted by molar-refractivity contribution is -0.143. The van der Waals surface area contributed by atoms with Gasteiger partial charge in [-0.05, 0) is 50.6 Å². The van der Waals surface area contributed by atoms with E-state index in [1.54, 1.807) is 45.0 Å².